The van der Waals surface area contributed by atoms with Crippen molar-refractivity contribution in [1.82, 2.24) is 0 Å². The summed E-state index contributed by atoms with van der Waals surface area (Å²) < 4.78 is 39.4. The largest absolute Gasteiger partial charge is 0.312 e. The SMILES string of the molecule is FC(F)Cl.FCF. The minimum Gasteiger partial charge on any atom is -0.214 e. The molecule has 0 unspecified atom stereocenters. The van der Waals surface area contributed by atoms with Gasteiger partial charge in [0.05, 0.1) is 0 Å². The molecule has 0 aliphatic rings. The van der Waals surface area contributed by atoms with Gasteiger partial charge in [-0.25, -0.2) is 8.78 Å². The highest BCUT2D eigenvalue weighted by molar-refractivity contribution is 6.18. The van der Waals surface area contributed by atoms with Gasteiger partial charge in [-0.15, -0.1) is 0 Å². The van der Waals surface area contributed by atoms with Gasteiger partial charge in [-0.05, 0) is 0 Å². The molecule has 0 rings (SSSR count). The standard InChI is InChI=1S/CHClF2.CH2F2/c2-1(3)4;2-1-3/h1H;1H2. The van der Waals surface area contributed by atoms with E-state index in [0.717, 1.165) is 0 Å². The number of alkyl halides is 5. The second-order valence-corrected chi connectivity index (χ2v) is 0.678. The third kappa shape index (κ3) is 966000. The van der Waals surface area contributed by atoms with Gasteiger partial charge in [-0.3, -0.25) is 0 Å². The maximum atomic E-state index is 10.1. The van der Waals surface area contributed by atoms with Crippen LogP contribution in [0.5, 0.6) is 0 Å². The summed E-state index contributed by atoms with van der Waals surface area (Å²) >= 11 is 3.94. The summed E-state index contributed by atoms with van der Waals surface area (Å²) in [6, 6.07) is 0. The van der Waals surface area contributed by atoms with E-state index in [1.54, 1.807) is 0 Å². The van der Waals surface area contributed by atoms with Crippen LogP contribution in [0, 0.1) is 0 Å². The topological polar surface area (TPSA) is 0 Å². The van der Waals surface area contributed by atoms with Crippen LogP contribution in [0.3, 0.4) is 0 Å². The van der Waals surface area contributed by atoms with Crippen molar-refractivity contribution < 1.29 is 17.6 Å². The summed E-state index contributed by atoms with van der Waals surface area (Å²) in [5, 5.41) is 0. The van der Waals surface area contributed by atoms with Crippen LogP contribution in [0.4, 0.5) is 17.6 Å². The van der Waals surface area contributed by atoms with Crippen LogP contribution in [-0.4, -0.2) is 12.8 Å². The van der Waals surface area contributed by atoms with Crippen LogP contribution in [0.1, 0.15) is 0 Å². The normalized spacial score (nSPS) is 7.71. The Morgan fingerprint density at radius 3 is 1.29 bits per heavy atom. The Hall–Kier alpha value is 0.01000. The van der Waals surface area contributed by atoms with Gasteiger partial charge in [0.15, 0.2) is 0 Å². The van der Waals surface area contributed by atoms with Crippen molar-refractivity contribution in [2.45, 2.75) is 5.88 Å². The fraction of sp³-hybridized carbons (Fsp3) is 1.00. The highest BCUT2D eigenvalue weighted by Crippen LogP contribution is 1.93. The van der Waals surface area contributed by atoms with E-state index in [4.69, 9.17) is 0 Å². The number of hydrogen-bond donors (Lipinski definition) is 0. The zero-order chi connectivity index (χ0) is 6.28. The van der Waals surface area contributed by atoms with Crippen molar-refractivity contribution in [1.29, 1.82) is 0 Å². The highest BCUT2D eigenvalue weighted by Gasteiger charge is 1.83. The van der Waals surface area contributed by atoms with Crippen LogP contribution in [0.15, 0.2) is 0 Å². The Morgan fingerprint density at radius 2 is 1.29 bits per heavy atom. The first-order chi connectivity index (χ1) is 3.15. The first kappa shape index (κ1) is 10.1. The van der Waals surface area contributed by atoms with Gasteiger partial charge in [-0.1, -0.05) is 11.6 Å². The van der Waals surface area contributed by atoms with E-state index in [1.807, 2.05) is 0 Å². The summed E-state index contributed by atoms with van der Waals surface area (Å²) in [6.07, 6.45) is 0. The monoisotopic (exact) mass is 138 g/mol. The summed E-state index contributed by atoms with van der Waals surface area (Å²) in [4.78, 5) is 0. The van der Waals surface area contributed by atoms with Crippen molar-refractivity contribution in [3.8, 4) is 0 Å². The second kappa shape index (κ2) is 9.38. The Labute approximate surface area is 43.1 Å². The summed E-state index contributed by atoms with van der Waals surface area (Å²) in [6.45, 7) is -1.75. The third-order valence-corrected chi connectivity index (χ3v) is 0. The Bertz CT molecular complexity index is 20.9. The number of halogens is 5. The smallest absolute Gasteiger partial charge is 0.214 e. The van der Waals surface area contributed by atoms with E-state index in [1.165, 1.54) is 0 Å². The second-order valence-electron chi connectivity index (χ2n) is 0.348. The number of hydrogen-bond acceptors (Lipinski definition) is 0. The average Bonchev–Trinajstić information content (AvgIpc) is 1.33. The lowest BCUT2D eigenvalue weighted by molar-refractivity contribution is 0.243. The molecular formula is C2H3ClF4. The number of rotatable bonds is 0. The summed E-state index contributed by atoms with van der Waals surface area (Å²) in [7, 11) is 0. The average molecular weight is 138 g/mol. The molecule has 0 nitrogen and oxygen atoms in total. The molecular weight excluding hydrogens is 135 g/mol. The van der Waals surface area contributed by atoms with Gasteiger partial charge >= 0.3 is 5.88 Å². The van der Waals surface area contributed by atoms with Gasteiger partial charge in [-0.2, -0.15) is 8.78 Å². The first-order valence-electron chi connectivity index (χ1n) is 1.19. The van der Waals surface area contributed by atoms with Gasteiger partial charge in [0.1, 0.15) is 0 Å². The van der Waals surface area contributed by atoms with E-state index in [2.05, 4.69) is 11.6 Å². The molecule has 0 aromatic heterocycles. The molecule has 0 N–H and O–H groups in total. The first-order valence-corrected chi connectivity index (χ1v) is 1.63. The lowest BCUT2D eigenvalue weighted by atomic mass is 11.7. The highest BCUT2D eigenvalue weighted by atomic mass is 35.5. The van der Waals surface area contributed by atoms with Crippen molar-refractivity contribution in [3.63, 3.8) is 0 Å². The molecule has 0 saturated heterocycles. The van der Waals surface area contributed by atoms with Gasteiger partial charge < -0.3 is 0 Å². The van der Waals surface area contributed by atoms with Crippen LogP contribution in [-0.2, 0) is 0 Å². The van der Waals surface area contributed by atoms with Gasteiger partial charge in [0, 0.05) is 0 Å². The van der Waals surface area contributed by atoms with E-state index in [0.29, 0.717) is 0 Å². The molecule has 5 heteroatoms. The Balaban J connectivity index is 0. The van der Waals surface area contributed by atoms with Crippen molar-refractivity contribution >= 4 is 11.6 Å². The molecule has 0 aromatic rings. The van der Waals surface area contributed by atoms with E-state index < -0.39 is 12.8 Å². The quantitative estimate of drug-likeness (QED) is 0.356. The fourth-order valence-electron chi connectivity index (χ4n) is 0. The molecule has 0 spiro atoms. The summed E-state index contributed by atoms with van der Waals surface area (Å²) in [5.41, 5.74) is 0. The maximum absolute atomic E-state index is 10.1. The van der Waals surface area contributed by atoms with Crippen molar-refractivity contribution in [2.24, 2.45) is 0 Å². The molecule has 0 amide bonds. The van der Waals surface area contributed by atoms with Crippen LogP contribution in [0.25, 0.3) is 0 Å². The summed E-state index contributed by atoms with van der Waals surface area (Å²) in [5.74, 6) is -2.69. The molecule has 0 fully saturated rings. The zero-order valence-electron chi connectivity index (χ0n) is 3.17. The zero-order valence-corrected chi connectivity index (χ0v) is 3.93. The lowest BCUT2D eigenvalue weighted by Gasteiger charge is -1.66. The molecule has 46 valence electrons. The van der Waals surface area contributed by atoms with Gasteiger partial charge in [0.2, 0.25) is 6.93 Å². The molecule has 0 atom stereocenters. The molecule has 0 bridgehead atoms. The Morgan fingerprint density at radius 1 is 1.29 bits per heavy atom. The molecule has 0 aliphatic heterocycles. The van der Waals surface area contributed by atoms with Crippen LogP contribution in [0.2, 0.25) is 0 Å². The van der Waals surface area contributed by atoms with E-state index in [-0.39, 0.29) is 0 Å². The van der Waals surface area contributed by atoms with Crippen molar-refractivity contribution in [3.05, 3.63) is 0 Å². The molecule has 0 radical (unpaired) electrons. The molecule has 0 saturated carbocycles. The van der Waals surface area contributed by atoms with Crippen LogP contribution < -0.4 is 0 Å². The minimum atomic E-state index is -2.69. The molecule has 7 heavy (non-hydrogen) atoms. The third-order valence-electron chi connectivity index (χ3n) is 0. The van der Waals surface area contributed by atoms with Crippen LogP contribution >= 0.6 is 11.6 Å². The van der Waals surface area contributed by atoms with E-state index >= 15 is 0 Å². The maximum Gasteiger partial charge on any atom is 0.312 e. The van der Waals surface area contributed by atoms with Gasteiger partial charge in [0.25, 0.3) is 0 Å². The predicted molar refractivity (Wildman–Crippen MR) is 18.9 cm³/mol. The van der Waals surface area contributed by atoms with E-state index in [9.17, 15) is 17.6 Å². The fourth-order valence-corrected chi connectivity index (χ4v) is 0. The molecule has 0 aliphatic carbocycles. The molecule has 0 aromatic carbocycles. The van der Waals surface area contributed by atoms with Crippen molar-refractivity contribution in [2.75, 3.05) is 6.93 Å². The minimum absolute atomic E-state index is 1.75. The molecule has 0 heterocycles. The predicted octanol–water partition coefficient (Wildman–Crippen LogP) is 2.33. The lowest BCUT2D eigenvalue weighted by Crippen LogP contribution is -1.62. The Kier molecular flexibility index (Phi) is 13.5.